The van der Waals surface area contributed by atoms with Crippen molar-refractivity contribution < 1.29 is 19.1 Å². The van der Waals surface area contributed by atoms with Crippen LogP contribution in [0.4, 0.5) is 0 Å². The van der Waals surface area contributed by atoms with Crippen LogP contribution in [0.2, 0.25) is 5.02 Å². The highest BCUT2D eigenvalue weighted by molar-refractivity contribution is 6.32. The standard InChI is InChI=1S/C18H17ClN2O4/c19-13-9-12(10-14-16(13)25-8-4-7-24-14)18(23)21-15(17(20)22)11-5-2-1-3-6-11/h1-3,5-6,9-10,15H,4,7-8H2,(H2,20,22)(H,21,23). The summed E-state index contributed by atoms with van der Waals surface area (Å²) in [6.45, 7) is 0.971. The molecule has 0 saturated carbocycles. The molecule has 0 saturated heterocycles. The third-order valence-corrected chi connectivity index (χ3v) is 4.04. The summed E-state index contributed by atoms with van der Waals surface area (Å²) in [4.78, 5) is 24.3. The molecule has 1 heterocycles. The number of halogens is 1. The fourth-order valence-electron chi connectivity index (χ4n) is 2.54. The molecule has 0 radical (unpaired) electrons. The van der Waals surface area contributed by atoms with Gasteiger partial charge in [0, 0.05) is 12.0 Å². The largest absolute Gasteiger partial charge is 0.489 e. The van der Waals surface area contributed by atoms with Crippen LogP contribution in [0.1, 0.15) is 28.4 Å². The molecule has 1 unspecified atom stereocenters. The zero-order valence-electron chi connectivity index (χ0n) is 13.3. The molecule has 3 N–H and O–H groups in total. The lowest BCUT2D eigenvalue weighted by Crippen LogP contribution is -2.37. The predicted octanol–water partition coefficient (Wildman–Crippen LogP) is 2.46. The molecule has 6 nitrogen and oxygen atoms in total. The molecule has 1 aliphatic heterocycles. The molecule has 130 valence electrons. The normalized spacial score (nSPS) is 14.3. The van der Waals surface area contributed by atoms with Crippen LogP contribution in [-0.2, 0) is 4.79 Å². The number of ether oxygens (including phenoxy) is 2. The summed E-state index contributed by atoms with van der Waals surface area (Å²) < 4.78 is 11.1. The monoisotopic (exact) mass is 360 g/mol. The van der Waals surface area contributed by atoms with Gasteiger partial charge in [0.1, 0.15) is 6.04 Å². The van der Waals surface area contributed by atoms with Gasteiger partial charge in [0.25, 0.3) is 5.91 Å². The van der Waals surface area contributed by atoms with Crippen LogP contribution >= 0.6 is 11.6 Å². The van der Waals surface area contributed by atoms with Gasteiger partial charge in [-0.15, -0.1) is 0 Å². The number of carbonyl (C=O) groups is 2. The SMILES string of the molecule is NC(=O)C(NC(=O)c1cc(Cl)c2c(c1)OCCCO2)c1ccccc1. The molecule has 0 bridgehead atoms. The molecule has 2 aromatic rings. The molecule has 2 amide bonds. The van der Waals surface area contributed by atoms with E-state index >= 15 is 0 Å². The molecule has 2 aromatic carbocycles. The summed E-state index contributed by atoms with van der Waals surface area (Å²) in [5, 5.41) is 2.91. The second-order valence-corrected chi connectivity index (χ2v) is 5.96. The Kier molecular flexibility index (Phi) is 5.09. The van der Waals surface area contributed by atoms with Crippen molar-refractivity contribution >= 4 is 23.4 Å². The van der Waals surface area contributed by atoms with Gasteiger partial charge in [-0.1, -0.05) is 41.9 Å². The van der Waals surface area contributed by atoms with Gasteiger partial charge in [-0.2, -0.15) is 0 Å². The minimum Gasteiger partial charge on any atom is -0.489 e. The van der Waals surface area contributed by atoms with E-state index in [2.05, 4.69) is 5.32 Å². The Bertz CT molecular complexity index is 795. The van der Waals surface area contributed by atoms with Crippen molar-refractivity contribution in [2.75, 3.05) is 13.2 Å². The lowest BCUT2D eigenvalue weighted by Gasteiger charge is -2.17. The van der Waals surface area contributed by atoms with Gasteiger partial charge in [-0.3, -0.25) is 9.59 Å². The highest BCUT2D eigenvalue weighted by Crippen LogP contribution is 2.38. The van der Waals surface area contributed by atoms with Crippen molar-refractivity contribution in [2.24, 2.45) is 5.73 Å². The van der Waals surface area contributed by atoms with Crippen molar-refractivity contribution in [3.05, 3.63) is 58.6 Å². The molecule has 0 aromatic heterocycles. The van der Waals surface area contributed by atoms with Crippen LogP contribution in [0.3, 0.4) is 0 Å². The minimum atomic E-state index is -0.941. The van der Waals surface area contributed by atoms with Gasteiger partial charge in [-0.25, -0.2) is 0 Å². The molecule has 0 aliphatic carbocycles. The summed E-state index contributed by atoms with van der Waals surface area (Å²) in [7, 11) is 0. The summed E-state index contributed by atoms with van der Waals surface area (Å²) in [6.07, 6.45) is 0.726. The van der Waals surface area contributed by atoms with Crippen LogP contribution in [-0.4, -0.2) is 25.0 Å². The highest BCUT2D eigenvalue weighted by atomic mass is 35.5. The van der Waals surface area contributed by atoms with E-state index in [-0.39, 0.29) is 10.6 Å². The number of nitrogens with two attached hydrogens (primary N) is 1. The average molecular weight is 361 g/mol. The molecule has 1 aliphatic rings. The van der Waals surface area contributed by atoms with Gasteiger partial charge >= 0.3 is 0 Å². The molecule has 7 heteroatoms. The summed E-state index contributed by atoms with van der Waals surface area (Å²) in [5.41, 5.74) is 6.29. The van der Waals surface area contributed by atoms with Gasteiger partial charge in [0.15, 0.2) is 11.5 Å². The van der Waals surface area contributed by atoms with Crippen molar-refractivity contribution in [1.82, 2.24) is 5.32 Å². The number of fused-ring (bicyclic) bond motifs is 1. The number of carbonyl (C=O) groups excluding carboxylic acids is 2. The maximum Gasteiger partial charge on any atom is 0.252 e. The molecule has 0 fully saturated rings. The van der Waals surface area contributed by atoms with Crippen LogP contribution < -0.4 is 20.5 Å². The quantitative estimate of drug-likeness (QED) is 0.876. The molecule has 0 spiro atoms. The zero-order chi connectivity index (χ0) is 17.8. The molecule has 25 heavy (non-hydrogen) atoms. The van der Waals surface area contributed by atoms with E-state index in [0.29, 0.717) is 30.3 Å². The zero-order valence-corrected chi connectivity index (χ0v) is 14.1. The van der Waals surface area contributed by atoms with E-state index < -0.39 is 17.9 Å². The molecular weight excluding hydrogens is 344 g/mol. The number of hydrogen-bond acceptors (Lipinski definition) is 4. The van der Waals surface area contributed by atoms with Gasteiger partial charge < -0.3 is 20.5 Å². The number of benzene rings is 2. The maximum atomic E-state index is 12.6. The first-order valence-electron chi connectivity index (χ1n) is 7.80. The highest BCUT2D eigenvalue weighted by Gasteiger charge is 2.23. The Morgan fingerprint density at radius 1 is 1.12 bits per heavy atom. The Morgan fingerprint density at radius 3 is 2.56 bits per heavy atom. The number of primary amides is 1. The van der Waals surface area contributed by atoms with Crippen LogP contribution in [0.15, 0.2) is 42.5 Å². The van der Waals surface area contributed by atoms with Crippen molar-refractivity contribution in [3.8, 4) is 11.5 Å². The van der Waals surface area contributed by atoms with Crippen LogP contribution in [0, 0.1) is 0 Å². The average Bonchev–Trinajstić information content (AvgIpc) is 2.85. The number of amides is 2. The van der Waals surface area contributed by atoms with E-state index in [1.54, 1.807) is 30.3 Å². The maximum absolute atomic E-state index is 12.6. The summed E-state index contributed by atoms with van der Waals surface area (Å²) in [5.74, 6) is -0.305. The first kappa shape index (κ1) is 17.1. The number of nitrogens with one attached hydrogen (secondary N) is 1. The fraction of sp³-hybridized carbons (Fsp3) is 0.222. The number of hydrogen-bond donors (Lipinski definition) is 2. The third-order valence-electron chi connectivity index (χ3n) is 3.76. The molecule has 1 atom stereocenters. The Balaban J connectivity index is 1.86. The van der Waals surface area contributed by atoms with Crippen molar-refractivity contribution in [1.29, 1.82) is 0 Å². The second kappa shape index (κ2) is 7.44. The van der Waals surface area contributed by atoms with E-state index in [9.17, 15) is 9.59 Å². The lowest BCUT2D eigenvalue weighted by atomic mass is 10.1. The first-order chi connectivity index (χ1) is 12.1. The first-order valence-corrected chi connectivity index (χ1v) is 8.18. The van der Waals surface area contributed by atoms with Crippen molar-refractivity contribution in [2.45, 2.75) is 12.5 Å². The van der Waals surface area contributed by atoms with Gasteiger partial charge in [0.2, 0.25) is 5.91 Å². The second-order valence-electron chi connectivity index (χ2n) is 5.56. The van der Waals surface area contributed by atoms with Crippen LogP contribution in [0.25, 0.3) is 0 Å². The Morgan fingerprint density at radius 2 is 1.84 bits per heavy atom. The van der Waals surface area contributed by atoms with E-state index in [1.807, 2.05) is 6.07 Å². The Hall–Kier alpha value is -2.73. The van der Waals surface area contributed by atoms with Gasteiger partial charge in [-0.05, 0) is 17.7 Å². The topological polar surface area (TPSA) is 90.7 Å². The van der Waals surface area contributed by atoms with Crippen molar-refractivity contribution in [3.63, 3.8) is 0 Å². The van der Waals surface area contributed by atoms with E-state index in [4.69, 9.17) is 26.8 Å². The third kappa shape index (κ3) is 3.85. The van der Waals surface area contributed by atoms with E-state index in [1.165, 1.54) is 6.07 Å². The van der Waals surface area contributed by atoms with E-state index in [0.717, 1.165) is 6.42 Å². The lowest BCUT2D eigenvalue weighted by molar-refractivity contribution is -0.120. The smallest absolute Gasteiger partial charge is 0.252 e. The summed E-state index contributed by atoms with van der Waals surface area (Å²) >= 11 is 6.20. The minimum absolute atomic E-state index is 0.261. The molecular formula is C18H17ClN2O4. The molecule has 3 rings (SSSR count). The van der Waals surface area contributed by atoms with Gasteiger partial charge in [0.05, 0.1) is 18.2 Å². The summed E-state index contributed by atoms with van der Waals surface area (Å²) in [6, 6.07) is 10.9. The Labute approximate surface area is 149 Å². The predicted molar refractivity (Wildman–Crippen MR) is 92.9 cm³/mol. The number of rotatable bonds is 4. The fourth-order valence-corrected chi connectivity index (χ4v) is 2.81. The van der Waals surface area contributed by atoms with Crippen LogP contribution in [0.5, 0.6) is 11.5 Å².